The smallest absolute Gasteiger partial charge is 0.220 e. The van der Waals surface area contributed by atoms with Crippen LogP contribution in [0.5, 0.6) is 0 Å². The first-order valence-corrected chi connectivity index (χ1v) is 7.88. The summed E-state index contributed by atoms with van der Waals surface area (Å²) in [6.45, 7) is 3.03. The molecule has 3 heteroatoms. The molecule has 1 aliphatic heterocycles. The molecule has 1 aromatic carbocycles. The number of hydrogen-bond donors (Lipinski definition) is 2. The van der Waals surface area contributed by atoms with Gasteiger partial charge in [-0.15, -0.1) is 0 Å². The van der Waals surface area contributed by atoms with Gasteiger partial charge in [0.05, 0.1) is 0 Å². The van der Waals surface area contributed by atoms with E-state index in [1.165, 1.54) is 24.0 Å². The summed E-state index contributed by atoms with van der Waals surface area (Å²) in [6, 6.07) is 8.54. The molecule has 2 atom stereocenters. The number of carbonyl (C=O) groups excluding carboxylic acids is 1. The van der Waals surface area contributed by atoms with Gasteiger partial charge >= 0.3 is 0 Å². The van der Waals surface area contributed by atoms with Crippen LogP contribution < -0.4 is 10.6 Å². The zero-order valence-electron chi connectivity index (χ0n) is 12.0. The second-order valence-corrected chi connectivity index (χ2v) is 6.15. The van der Waals surface area contributed by atoms with Crippen LogP contribution in [0.4, 0.5) is 0 Å². The highest BCUT2D eigenvalue weighted by Gasteiger charge is 2.25. The lowest BCUT2D eigenvalue weighted by Gasteiger charge is -2.30. The van der Waals surface area contributed by atoms with Gasteiger partial charge in [0.1, 0.15) is 0 Å². The van der Waals surface area contributed by atoms with Crippen molar-refractivity contribution in [2.45, 2.75) is 38.0 Å². The first kappa shape index (κ1) is 13.6. The van der Waals surface area contributed by atoms with Crippen molar-refractivity contribution < 1.29 is 4.79 Å². The minimum absolute atomic E-state index is 0.222. The number of amides is 1. The lowest BCUT2D eigenvalue weighted by Crippen LogP contribution is -2.34. The molecule has 0 saturated carbocycles. The van der Waals surface area contributed by atoms with E-state index in [0.29, 0.717) is 18.3 Å². The maximum atomic E-state index is 11.9. The quantitative estimate of drug-likeness (QED) is 0.863. The molecule has 2 aliphatic rings. The SMILES string of the molecule is O=C(CCC1CCCNC1)NCC1Cc2ccccc21. The fraction of sp³-hybridized carbons (Fsp3) is 0.588. The van der Waals surface area contributed by atoms with E-state index in [1.807, 2.05) is 0 Å². The predicted molar refractivity (Wildman–Crippen MR) is 80.7 cm³/mol. The van der Waals surface area contributed by atoms with Crippen molar-refractivity contribution in [3.05, 3.63) is 35.4 Å². The molecular weight excluding hydrogens is 248 g/mol. The standard InChI is InChI=1S/C17H24N2O/c20-17(8-7-13-4-3-9-18-11-13)19-12-15-10-14-5-1-2-6-16(14)15/h1-2,5-6,13,15,18H,3-4,7-12H2,(H,19,20). The Morgan fingerprint density at radius 2 is 2.25 bits per heavy atom. The Hall–Kier alpha value is -1.35. The van der Waals surface area contributed by atoms with Gasteiger partial charge in [0.15, 0.2) is 0 Å². The van der Waals surface area contributed by atoms with Gasteiger partial charge in [0.25, 0.3) is 0 Å². The van der Waals surface area contributed by atoms with Crippen molar-refractivity contribution in [1.29, 1.82) is 0 Å². The molecule has 1 aromatic rings. The van der Waals surface area contributed by atoms with E-state index in [-0.39, 0.29) is 5.91 Å². The number of nitrogens with one attached hydrogen (secondary N) is 2. The molecule has 2 unspecified atom stereocenters. The van der Waals surface area contributed by atoms with Crippen LogP contribution in [0.15, 0.2) is 24.3 Å². The van der Waals surface area contributed by atoms with E-state index in [9.17, 15) is 4.79 Å². The molecule has 0 aromatic heterocycles. The molecule has 0 spiro atoms. The number of carbonyl (C=O) groups is 1. The molecule has 20 heavy (non-hydrogen) atoms. The van der Waals surface area contributed by atoms with Crippen molar-refractivity contribution in [3.8, 4) is 0 Å². The van der Waals surface area contributed by atoms with Crippen LogP contribution in [-0.2, 0) is 11.2 Å². The molecule has 0 radical (unpaired) electrons. The van der Waals surface area contributed by atoms with Crippen LogP contribution in [0, 0.1) is 5.92 Å². The normalized spacial score (nSPS) is 24.6. The summed E-state index contributed by atoms with van der Waals surface area (Å²) in [4.78, 5) is 11.9. The second kappa shape index (κ2) is 6.40. The van der Waals surface area contributed by atoms with Crippen LogP contribution in [0.2, 0.25) is 0 Å². The third-order valence-corrected chi connectivity index (χ3v) is 4.69. The van der Waals surface area contributed by atoms with E-state index in [4.69, 9.17) is 0 Å². The van der Waals surface area contributed by atoms with Crippen LogP contribution in [0.3, 0.4) is 0 Å². The van der Waals surface area contributed by atoms with Crippen LogP contribution in [0.25, 0.3) is 0 Å². The van der Waals surface area contributed by atoms with Gasteiger partial charge in [0.2, 0.25) is 5.91 Å². The summed E-state index contributed by atoms with van der Waals surface area (Å²) in [5, 5.41) is 6.51. The summed E-state index contributed by atoms with van der Waals surface area (Å²) in [7, 11) is 0. The van der Waals surface area contributed by atoms with Gasteiger partial charge in [-0.05, 0) is 55.8 Å². The zero-order chi connectivity index (χ0) is 13.8. The predicted octanol–water partition coefficient (Wildman–Crippen LogP) is 2.22. The average molecular weight is 272 g/mol. The summed E-state index contributed by atoms with van der Waals surface area (Å²) < 4.78 is 0. The van der Waals surface area contributed by atoms with Crippen molar-refractivity contribution in [3.63, 3.8) is 0 Å². The highest BCUT2D eigenvalue weighted by molar-refractivity contribution is 5.76. The minimum Gasteiger partial charge on any atom is -0.355 e. The Bertz CT molecular complexity index is 466. The van der Waals surface area contributed by atoms with Gasteiger partial charge in [-0.25, -0.2) is 0 Å². The zero-order valence-corrected chi connectivity index (χ0v) is 12.0. The van der Waals surface area contributed by atoms with Gasteiger partial charge < -0.3 is 10.6 Å². The summed E-state index contributed by atoms with van der Waals surface area (Å²) in [5.41, 5.74) is 2.87. The number of piperidine rings is 1. The Balaban J connectivity index is 1.36. The van der Waals surface area contributed by atoms with Gasteiger partial charge in [0, 0.05) is 18.9 Å². The first-order valence-electron chi connectivity index (χ1n) is 7.88. The molecule has 1 aliphatic carbocycles. The average Bonchev–Trinajstić information content (AvgIpc) is 2.47. The molecule has 1 amide bonds. The second-order valence-electron chi connectivity index (χ2n) is 6.15. The minimum atomic E-state index is 0.222. The Morgan fingerprint density at radius 1 is 1.35 bits per heavy atom. The topological polar surface area (TPSA) is 41.1 Å². The maximum absolute atomic E-state index is 11.9. The van der Waals surface area contributed by atoms with Crippen LogP contribution in [0.1, 0.15) is 42.7 Å². The maximum Gasteiger partial charge on any atom is 0.220 e. The highest BCUT2D eigenvalue weighted by Crippen LogP contribution is 2.33. The molecule has 108 valence electrons. The fourth-order valence-electron chi connectivity index (χ4n) is 3.38. The molecule has 1 fully saturated rings. The lowest BCUT2D eigenvalue weighted by atomic mass is 9.77. The van der Waals surface area contributed by atoms with Gasteiger partial charge in [-0.1, -0.05) is 24.3 Å². The van der Waals surface area contributed by atoms with E-state index >= 15 is 0 Å². The third kappa shape index (κ3) is 3.21. The fourth-order valence-corrected chi connectivity index (χ4v) is 3.38. The van der Waals surface area contributed by atoms with Crippen molar-refractivity contribution in [2.24, 2.45) is 5.92 Å². The van der Waals surface area contributed by atoms with Gasteiger partial charge in [-0.2, -0.15) is 0 Å². The molecular formula is C17H24N2O. The number of fused-ring (bicyclic) bond motifs is 1. The number of benzene rings is 1. The Kier molecular flexibility index (Phi) is 4.36. The third-order valence-electron chi connectivity index (χ3n) is 4.69. The summed E-state index contributed by atoms with van der Waals surface area (Å²) in [5.74, 6) is 1.45. The molecule has 2 N–H and O–H groups in total. The summed E-state index contributed by atoms with van der Waals surface area (Å²) >= 11 is 0. The van der Waals surface area contributed by atoms with Crippen molar-refractivity contribution >= 4 is 5.91 Å². The Labute approximate surface area is 121 Å². The monoisotopic (exact) mass is 272 g/mol. The first-order chi connectivity index (χ1) is 9.83. The largest absolute Gasteiger partial charge is 0.355 e. The van der Waals surface area contributed by atoms with Crippen molar-refractivity contribution in [1.82, 2.24) is 10.6 Å². The highest BCUT2D eigenvalue weighted by atomic mass is 16.1. The molecule has 3 rings (SSSR count). The van der Waals surface area contributed by atoms with Gasteiger partial charge in [-0.3, -0.25) is 4.79 Å². The van der Waals surface area contributed by atoms with Crippen LogP contribution >= 0.6 is 0 Å². The van der Waals surface area contributed by atoms with Crippen molar-refractivity contribution in [2.75, 3.05) is 19.6 Å². The van der Waals surface area contributed by atoms with E-state index < -0.39 is 0 Å². The number of hydrogen-bond acceptors (Lipinski definition) is 2. The molecule has 1 heterocycles. The van der Waals surface area contributed by atoms with E-state index in [0.717, 1.165) is 32.5 Å². The molecule has 3 nitrogen and oxygen atoms in total. The number of rotatable bonds is 5. The van der Waals surface area contributed by atoms with E-state index in [1.54, 1.807) is 0 Å². The summed E-state index contributed by atoms with van der Waals surface area (Å²) in [6.07, 6.45) is 5.35. The molecule has 1 saturated heterocycles. The van der Waals surface area contributed by atoms with Crippen LogP contribution in [-0.4, -0.2) is 25.5 Å². The lowest BCUT2D eigenvalue weighted by molar-refractivity contribution is -0.121. The Morgan fingerprint density at radius 3 is 3.05 bits per heavy atom. The molecule has 0 bridgehead atoms. The van der Waals surface area contributed by atoms with E-state index in [2.05, 4.69) is 34.9 Å².